The summed E-state index contributed by atoms with van der Waals surface area (Å²) in [5, 5.41) is 0. The van der Waals surface area contributed by atoms with Gasteiger partial charge in [-0.15, -0.1) is 4.20 Å². The third-order valence-electron chi connectivity index (χ3n) is 0.225. The molecule has 3 nitrogen and oxygen atoms in total. The van der Waals surface area contributed by atoms with Crippen LogP contribution in [0.15, 0.2) is 0 Å². The summed E-state index contributed by atoms with van der Waals surface area (Å²) in [6.07, 6.45) is 0. The van der Waals surface area contributed by atoms with Gasteiger partial charge in [-0.2, -0.15) is 0 Å². The van der Waals surface area contributed by atoms with Crippen molar-refractivity contribution in [2.75, 3.05) is 0 Å². The van der Waals surface area contributed by atoms with Gasteiger partial charge in [-0.05, 0) is 0 Å². The zero-order valence-electron chi connectivity index (χ0n) is 3.09. The molecular formula is H8AlFLiO3PSi. The Bertz CT molecular complexity index is 83.4. The Morgan fingerprint density at radius 3 is 1.88 bits per heavy atom. The van der Waals surface area contributed by atoms with Crippen molar-refractivity contribution >= 4 is 54.6 Å². The standard InChI is InChI=1S/Al.FH4O3PSi.Li.4H/c;1-5(2,3)4-6;;;;;/h;6H3,(H,2,3);;;;;. The Hall–Kier alpha value is 1.43. The van der Waals surface area contributed by atoms with E-state index in [1.807, 2.05) is 0 Å². The first kappa shape index (κ1) is 16.2. The maximum atomic E-state index is 11.0. The molecule has 0 aromatic rings. The minimum atomic E-state index is -4.58. The number of hydrogen-bond acceptors (Lipinski definition) is 2. The van der Waals surface area contributed by atoms with E-state index < -0.39 is 7.91 Å². The molecule has 8 heteroatoms. The minimum absolute atomic E-state index is 0. The van der Waals surface area contributed by atoms with Crippen molar-refractivity contribution in [3.05, 3.63) is 0 Å². The molecule has 1 N–H and O–H groups in total. The van der Waals surface area contributed by atoms with E-state index in [1.165, 1.54) is 0 Å². The first-order valence-corrected chi connectivity index (χ1v) is 3.43. The van der Waals surface area contributed by atoms with E-state index in [9.17, 15) is 8.76 Å². The fraction of sp³-hybridized carbons (Fsp3) is 0. The van der Waals surface area contributed by atoms with Crippen molar-refractivity contribution in [1.29, 1.82) is 0 Å². The van der Waals surface area contributed by atoms with Gasteiger partial charge in [0.2, 0.25) is 0 Å². The van der Waals surface area contributed by atoms with Crippen molar-refractivity contribution in [1.82, 2.24) is 0 Å². The van der Waals surface area contributed by atoms with E-state index >= 15 is 0 Å². The van der Waals surface area contributed by atoms with Gasteiger partial charge in [0.1, 0.15) is 0 Å². The van der Waals surface area contributed by atoms with Gasteiger partial charge in [-0.25, -0.2) is 4.57 Å². The van der Waals surface area contributed by atoms with E-state index in [1.54, 1.807) is 0 Å². The van der Waals surface area contributed by atoms with Crippen molar-refractivity contribution in [3.63, 3.8) is 0 Å². The van der Waals surface area contributed by atoms with Gasteiger partial charge in [0.25, 0.3) is 0 Å². The van der Waals surface area contributed by atoms with Gasteiger partial charge in [-0.1, -0.05) is 0 Å². The van der Waals surface area contributed by atoms with Crippen LogP contribution in [0.3, 0.4) is 0 Å². The Kier molecular flexibility index (Phi) is 13.3. The fourth-order valence-corrected chi connectivity index (χ4v) is 0. The van der Waals surface area contributed by atoms with E-state index in [-0.39, 0.29) is 46.7 Å². The molecule has 0 spiro atoms. The molecule has 0 amide bonds. The van der Waals surface area contributed by atoms with Crippen LogP contribution in [0.25, 0.3) is 0 Å². The Balaban J connectivity index is -0.000000125. The van der Waals surface area contributed by atoms with Crippen LogP contribution in [0.2, 0.25) is 0 Å². The molecule has 0 saturated carbocycles. The van der Waals surface area contributed by atoms with Crippen LogP contribution in [0.4, 0.5) is 4.20 Å². The molecule has 0 saturated heterocycles. The molecule has 46 valence electrons. The first-order valence-electron chi connectivity index (χ1n) is 1.14. The third kappa shape index (κ3) is 15.7. The van der Waals surface area contributed by atoms with Crippen LogP contribution in [0, 0.1) is 0 Å². The second kappa shape index (κ2) is 6.55. The van der Waals surface area contributed by atoms with E-state index in [2.05, 4.69) is 4.21 Å². The SMILES string of the molecule is O=P(O)(F)O[SiH3].[AlH3].[LiH]. The molecule has 0 bridgehead atoms. The van der Waals surface area contributed by atoms with Gasteiger partial charge >= 0.3 is 26.8 Å². The summed E-state index contributed by atoms with van der Waals surface area (Å²) in [5.74, 6) is 0. The van der Waals surface area contributed by atoms with E-state index in [0.717, 1.165) is 0 Å². The second-order valence-electron chi connectivity index (χ2n) is 0.634. The van der Waals surface area contributed by atoms with Crippen molar-refractivity contribution in [2.45, 2.75) is 0 Å². The molecule has 0 aliphatic heterocycles. The van der Waals surface area contributed by atoms with Crippen molar-refractivity contribution in [3.8, 4) is 0 Å². The van der Waals surface area contributed by atoms with Crippen LogP contribution >= 0.6 is 7.91 Å². The molecule has 0 aliphatic carbocycles. The fourth-order valence-electron chi connectivity index (χ4n) is 0. The molecule has 0 aromatic heterocycles. The van der Waals surface area contributed by atoms with Crippen LogP contribution in [0.5, 0.6) is 0 Å². The van der Waals surface area contributed by atoms with Crippen LogP contribution < -0.4 is 0 Å². The van der Waals surface area contributed by atoms with Crippen molar-refractivity contribution < 1.29 is 17.9 Å². The molecule has 0 rings (SSSR count). The number of rotatable bonds is 1. The van der Waals surface area contributed by atoms with E-state index in [4.69, 9.17) is 4.89 Å². The molecule has 0 aromatic carbocycles. The Morgan fingerprint density at radius 2 is 1.88 bits per heavy atom. The summed E-state index contributed by atoms with van der Waals surface area (Å²) >= 11 is 0. The summed E-state index contributed by atoms with van der Waals surface area (Å²) in [7, 11) is -4.62. The average Bonchev–Trinajstić information content (AvgIpc) is 1.35. The number of halogens is 1. The monoisotopic (exact) mass is 168 g/mol. The summed E-state index contributed by atoms with van der Waals surface area (Å²) in [5.41, 5.74) is 0. The predicted molar refractivity (Wildman–Crippen MR) is 39.0 cm³/mol. The van der Waals surface area contributed by atoms with Crippen LogP contribution in [0.1, 0.15) is 0 Å². The second-order valence-corrected chi connectivity index (χ2v) is 3.00. The molecular weight excluding hydrogens is 160 g/mol. The molecule has 0 radical (unpaired) electrons. The van der Waals surface area contributed by atoms with Gasteiger partial charge in [0.05, 0.1) is 0 Å². The molecule has 8 heavy (non-hydrogen) atoms. The summed E-state index contributed by atoms with van der Waals surface area (Å²) in [4.78, 5) is 7.53. The predicted octanol–water partition coefficient (Wildman–Crippen LogP) is -2.48. The van der Waals surface area contributed by atoms with Crippen LogP contribution in [-0.4, -0.2) is 51.6 Å². The zero-order chi connectivity index (χ0) is 5.21. The molecule has 0 fully saturated rings. The molecule has 0 heterocycles. The average molecular weight is 168 g/mol. The summed E-state index contributed by atoms with van der Waals surface area (Å²) in [6.45, 7) is 0. The molecule has 0 aliphatic rings. The van der Waals surface area contributed by atoms with Crippen LogP contribution in [-0.2, 0) is 8.78 Å². The maximum absolute atomic E-state index is 11.0. The van der Waals surface area contributed by atoms with Gasteiger partial charge < -0.3 is 4.21 Å². The Labute approximate surface area is 72.5 Å². The first-order chi connectivity index (χ1) is 2.56. The Morgan fingerprint density at radius 1 is 1.75 bits per heavy atom. The van der Waals surface area contributed by atoms with Gasteiger partial charge in [-0.3, -0.25) is 4.89 Å². The van der Waals surface area contributed by atoms with E-state index in [0.29, 0.717) is 0 Å². The zero-order valence-corrected chi connectivity index (χ0v) is 5.98. The topological polar surface area (TPSA) is 46.5 Å². The quantitative estimate of drug-likeness (QED) is 0.348. The molecule has 1 atom stereocenters. The third-order valence-corrected chi connectivity index (χ3v) is 2.03. The van der Waals surface area contributed by atoms with Gasteiger partial charge in [0.15, 0.2) is 27.8 Å². The molecule has 1 unspecified atom stereocenters. The number of hydrogen-bond donors (Lipinski definition) is 1. The summed E-state index contributed by atoms with van der Waals surface area (Å²) in [6, 6.07) is 0. The normalized spacial score (nSPS) is 15.2. The van der Waals surface area contributed by atoms with Gasteiger partial charge in [0, 0.05) is 0 Å². The van der Waals surface area contributed by atoms with Crippen molar-refractivity contribution in [2.24, 2.45) is 0 Å². The summed E-state index contributed by atoms with van der Waals surface area (Å²) < 4.78 is 23.8.